The van der Waals surface area contributed by atoms with E-state index in [0.717, 1.165) is 50.3 Å². The predicted molar refractivity (Wildman–Crippen MR) is 77.1 cm³/mol. The number of hydrogen-bond acceptors (Lipinski definition) is 5. The van der Waals surface area contributed by atoms with Crippen LogP contribution in [0.2, 0.25) is 0 Å². The molecule has 1 atom stereocenters. The first-order valence-corrected chi connectivity index (χ1v) is 7.38. The monoisotopic (exact) mass is 291 g/mol. The molecule has 2 aliphatic rings. The zero-order chi connectivity index (χ0) is 14.7. The lowest BCUT2D eigenvalue weighted by molar-refractivity contribution is 0.0442. The highest BCUT2D eigenvalue weighted by Crippen LogP contribution is 2.30. The van der Waals surface area contributed by atoms with E-state index in [-0.39, 0.29) is 11.7 Å². The third kappa shape index (κ3) is 3.10. The van der Waals surface area contributed by atoms with E-state index < -0.39 is 0 Å². The Bertz CT molecular complexity index is 523. The van der Waals surface area contributed by atoms with Gasteiger partial charge in [-0.3, -0.25) is 9.88 Å². The number of hydrogen-bond donors (Lipinski definition) is 1. The molecular weight excluding hydrogens is 270 g/mol. The van der Waals surface area contributed by atoms with Gasteiger partial charge in [0.15, 0.2) is 0 Å². The predicted octanol–water partition coefficient (Wildman–Crippen LogP) is 1.55. The number of carbonyl (C=O) groups is 1. The Balaban J connectivity index is 1.64. The molecule has 0 radical (unpaired) electrons. The number of pyridine rings is 1. The molecule has 21 heavy (non-hydrogen) atoms. The van der Waals surface area contributed by atoms with Gasteiger partial charge in [0.2, 0.25) is 0 Å². The van der Waals surface area contributed by atoms with Gasteiger partial charge in [-0.25, -0.2) is 4.79 Å². The number of rotatable bonds is 3. The van der Waals surface area contributed by atoms with Crippen LogP contribution in [0.4, 0.5) is 4.79 Å². The van der Waals surface area contributed by atoms with E-state index in [2.05, 4.69) is 15.2 Å². The Hall–Kier alpha value is -1.82. The van der Waals surface area contributed by atoms with Gasteiger partial charge in [0.1, 0.15) is 11.4 Å². The van der Waals surface area contributed by atoms with Gasteiger partial charge in [0.25, 0.3) is 0 Å². The Morgan fingerprint density at radius 2 is 2.38 bits per heavy atom. The summed E-state index contributed by atoms with van der Waals surface area (Å²) in [4.78, 5) is 18.1. The molecule has 1 aromatic rings. The van der Waals surface area contributed by atoms with E-state index in [1.807, 2.05) is 12.1 Å². The third-order valence-corrected chi connectivity index (χ3v) is 4.30. The normalized spacial score (nSPS) is 26.2. The van der Waals surface area contributed by atoms with Crippen molar-refractivity contribution in [3.05, 3.63) is 24.0 Å². The maximum absolute atomic E-state index is 11.3. The highest BCUT2D eigenvalue weighted by atomic mass is 16.6. The van der Waals surface area contributed by atoms with Crippen molar-refractivity contribution in [3.63, 3.8) is 0 Å². The summed E-state index contributed by atoms with van der Waals surface area (Å²) in [6, 6.07) is 3.81. The van der Waals surface area contributed by atoms with Gasteiger partial charge in [0.05, 0.1) is 19.3 Å². The molecule has 6 nitrogen and oxygen atoms in total. The average molecular weight is 291 g/mol. The molecule has 3 heterocycles. The molecule has 1 N–H and O–H groups in total. The molecule has 1 spiro atoms. The van der Waals surface area contributed by atoms with Crippen LogP contribution >= 0.6 is 0 Å². The van der Waals surface area contributed by atoms with Crippen LogP contribution in [0.15, 0.2) is 18.3 Å². The summed E-state index contributed by atoms with van der Waals surface area (Å²) < 4.78 is 10.9. The molecule has 2 fully saturated rings. The molecule has 1 aromatic heterocycles. The van der Waals surface area contributed by atoms with Crippen LogP contribution < -0.4 is 10.1 Å². The van der Waals surface area contributed by atoms with Gasteiger partial charge >= 0.3 is 6.09 Å². The van der Waals surface area contributed by atoms with Crippen LogP contribution in [0.5, 0.6) is 5.75 Å². The second kappa shape index (κ2) is 5.89. The molecule has 114 valence electrons. The van der Waals surface area contributed by atoms with Crippen molar-refractivity contribution in [2.75, 3.05) is 26.7 Å². The smallest absolute Gasteiger partial charge is 0.407 e. The van der Waals surface area contributed by atoms with E-state index in [1.165, 1.54) is 0 Å². The summed E-state index contributed by atoms with van der Waals surface area (Å²) in [5.41, 5.74) is 0.650. The number of aromatic nitrogens is 1. The van der Waals surface area contributed by atoms with E-state index >= 15 is 0 Å². The Morgan fingerprint density at radius 1 is 1.48 bits per heavy atom. The average Bonchev–Trinajstić information content (AvgIpc) is 2.74. The first-order chi connectivity index (χ1) is 10.2. The lowest BCUT2D eigenvalue weighted by atomic mass is 9.95. The molecule has 6 heteroatoms. The molecule has 1 amide bonds. The topological polar surface area (TPSA) is 63.7 Å². The molecule has 0 aromatic carbocycles. The minimum absolute atomic E-state index is 0.283. The Labute approximate surface area is 124 Å². The summed E-state index contributed by atoms with van der Waals surface area (Å²) >= 11 is 0. The fourth-order valence-corrected chi connectivity index (χ4v) is 3.10. The zero-order valence-corrected chi connectivity index (χ0v) is 12.3. The van der Waals surface area contributed by atoms with E-state index in [4.69, 9.17) is 9.47 Å². The quantitative estimate of drug-likeness (QED) is 0.915. The lowest BCUT2D eigenvalue weighted by Crippen LogP contribution is -2.34. The lowest BCUT2D eigenvalue weighted by Gasteiger charge is -2.25. The molecule has 1 unspecified atom stereocenters. The van der Waals surface area contributed by atoms with Crippen LogP contribution in [-0.4, -0.2) is 48.3 Å². The van der Waals surface area contributed by atoms with Gasteiger partial charge in [-0.1, -0.05) is 0 Å². The summed E-state index contributed by atoms with van der Waals surface area (Å²) in [5, 5.41) is 2.78. The van der Waals surface area contributed by atoms with Crippen molar-refractivity contribution in [2.24, 2.45) is 0 Å². The second-order valence-corrected chi connectivity index (χ2v) is 5.71. The molecule has 0 saturated carbocycles. The van der Waals surface area contributed by atoms with E-state index in [1.54, 1.807) is 13.3 Å². The summed E-state index contributed by atoms with van der Waals surface area (Å²) in [7, 11) is 1.67. The zero-order valence-electron chi connectivity index (χ0n) is 12.3. The van der Waals surface area contributed by atoms with Gasteiger partial charge in [-0.05, 0) is 31.5 Å². The minimum Gasteiger partial charge on any atom is -0.495 e. The van der Waals surface area contributed by atoms with Crippen molar-refractivity contribution < 1.29 is 14.3 Å². The van der Waals surface area contributed by atoms with Crippen molar-refractivity contribution in [3.8, 4) is 5.75 Å². The Morgan fingerprint density at radius 3 is 3.14 bits per heavy atom. The SMILES string of the molecule is COc1cccnc1CN1CCCC2(CC1)CNC(=O)O2. The standard InChI is InChI=1S/C15H21N3O3/c1-20-13-4-2-7-16-12(13)10-18-8-3-5-15(6-9-18)11-17-14(19)21-15/h2,4,7H,3,5-6,8-11H2,1H3,(H,17,19). The number of amides is 1. The Kier molecular flexibility index (Phi) is 3.96. The third-order valence-electron chi connectivity index (χ3n) is 4.30. The molecule has 2 saturated heterocycles. The van der Waals surface area contributed by atoms with Crippen LogP contribution in [0.1, 0.15) is 25.0 Å². The molecule has 0 bridgehead atoms. The number of nitrogens with one attached hydrogen (secondary N) is 1. The van der Waals surface area contributed by atoms with Crippen molar-refractivity contribution in [2.45, 2.75) is 31.4 Å². The van der Waals surface area contributed by atoms with Crippen molar-refractivity contribution >= 4 is 6.09 Å². The van der Waals surface area contributed by atoms with Crippen molar-refractivity contribution in [1.29, 1.82) is 0 Å². The fraction of sp³-hybridized carbons (Fsp3) is 0.600. The van der Waals surface area contributed by atoms with Gasteiger partial charge in [-0.2, -0.15) is 0 Å². The number of ether oxygens (including phenoxy) is 2. The minimum atomic E-state index is -0.306. The van der Waals surface area contributed by atoms with Crippen molar-refractivity contribution in [1.82, 2.24) is 15.2 Å². The summed E-state index contributed by atoms with van der Waals surface area (Å²) in [5.74, 6) is 0.824. The first kappa shape index (κ1) is 14.1. The molecule has 0 aliphatic carbocycles. The van der Waals surface area contributed by atoms with E-state index in [0.29, 0.717) is 6.54 Å². The number of methoxy groups -OCH3 is 1. The van der Waals surface area contributed by atoms with Gasteiger partial charge < -0.3 is 14.8 Å². The maximum atomic E-state index is 11.3. The van der Waals surface area contributed by atoms with Gasteiger partial charge in [0, 0.05) is 25.7 Å². The number of alkyl carbamates (subject to hydrolysis) is 1. The largest absolute Gasteiger partial charge is 0.495 e. The fourth-order valence-electron chi connectivity index (χ4n) is 3.10. The van der Waals surface area contributed by atoms with E-state index in [9.17, 15) is 4.79 Å². The van der Waals surface area contributed by atoms with Crippen LogP contribution in [0, 0.1) is 0 Å². The number of nitrogens with zero attached hydrogens (tertiary/aromatic N) is 2. The highest BCUT2D eigenvalue weighted by molar-refractivity contribution is 5.70. The van der Waals surface area contributed by atoms with Crippen LogP contribution in [0.25, 0.3) is 0 Å². The highest BCUT2D eigenvalue weighted by Gasteiger charge is 2.41. The first-order valence-electron chi connectivity index (χ1n) is 7.38. The summed E-state index contributed by atoms with van der Waals surface area (Å²) in [6.45, 7) is 3.28. The van der Waals surface area contributed by atoms with Crippen LogP contribution in [-0.2, 0) is 11.3 Å². The number of likely N-dealkylation sites (tertiary alicyclic amines) is 1. The number of carbonyl (C=O) groups excluding carboxylic acids is 1. The maximum Gasteiger partial charge on any atom is 0.407 e. The molecule has 3 rings (SSSR count). The van der Waals surface area contributed by atoms with Gasteiger partial charge in [-0.15, -0.1) is 0 Å². The summed E-state index contributed by atoms with van der Waals surface area (Å²) in [6.07, 6.45) is 4.31. The second-order valence-electron chi connectivity index (χ2n) is 5.71. The van der Waals surface area contributed by atoms with Crippen LogP contribution in [0.3, 0.4) is 0 Å². The molecule has 2 aliphatic heterocycles. The molecular formula is C15H21N3O3.